The molecule has 0 atom stereocenters. The minimum Gasteiger partial charge on any atom is -0.465 e. The van der Waals surface area contributed by atoms with E-state index in [1.807, 2.05) is 19.1 Å². The van der Waals surface area contributed by atoms with Gasteiger partial charge in [0.25, 0.3) is 0 Å². The van der Waals surface area contributed by atoms with E-state index in [9.17, 15) is 4.79 Å². The van der Waals surface area contributed by atoms with Gasteiger partial charge >= 0.3 is 5.97 Å². The molecule has 8 nitrogen and oxygen atoms in total. The van der Waals surface area contributed by atoms with Gasteiger partial charge in [0, 0.05) is 74.8 Å². The largest absolute Gasteiger partial charge is 0.465 e. The Hall–Kier alpha value is -5.70. The number of primary amides is 1. The van der Waals surface area contributed by atoms with Crippen molar-refractivity contribution in [3.05, 3.63) is 156 Å². The zero-order valence-electron chi connectivity index (χ0n) is 34.7. The highest BCUT2D eigenvalue weighted by Crippen LogP contribution is 2.50. The molecule has 10 rings (SSSR count). The maximum atomic E-state index is 15.3. The maximum absolute atomic E-state index is 15.3. The topological polar surface area (TPSA) is 82.3 Å². The normalized spacial score (nSPS) is 18.6. The molecular formula is C52H55N5O3. The Morgan fingerprint density at radius 3 is 1.45 bits per heavy atom. The molecule has 2 heterocycles. The molecule has 2 saturated heterocycles. The Bertz CT molecular complexity index is 2390. The van der Waals surface area contributed by atoms with Crippen molar-refractivity contribution in [1.29, 1.82) is 0 Å². The van der Waals surface area contributed by atoms with Crippen LogP contribution in [-0.4, -0.2) is 78.6 Å². The van der Waals surface area contributed by atoms with Gasteiger partial charge in [0.05, 0.1) is 13.0 Å². The molecule has 0 aromatic heterocycles. The van der Waals surface area contributed by atoms with Crippen molar-refractivity contribution < 1.29 is 14.3 Å². The van der Waals surface area contributed by atoms with E-state index < -0.39 is 17.3 Å². The van der Waals surface area contributed by atoms with Gasteiger partial charge in [-0.15, -0.1) is 0 Å². The molecular weight excluding hydrogens is 743 g/mol. The summed E-state index contributed by atoms with van der Waals surface area (Å²) in [4.78, 5) is 39.3. The SMILES string of the molecule is CCOC(=O)C(CC(N)=O)(c1cc(N2CCN(Cc3ccccc3)C3(CC3)C2)cc2ccccc12)c1cc(N2CCN(Cc3ccccc3)C3(CC3)C2)cc2ccccc12. The van der Waals surface area contributed by atoms with Crippen molar-refractivity contribution in [2.75, 3.05) is 55.7 Å². The summed E-state index contributed by atoms with van der Waals surface area (Å²) < 4.78 is 6.13. The van der Waals surface area contributed by atoms with Crippen molar-refractivity contribution in [1.82, 2.24) is 9.80 Å². The smallest absolute Gasteiger partial charge is 0.321 e. The van der Waals surface area contributed by atoms with E-state index in [0.717, 1.165) is 122 Å². The molecule has 2 aliphatic carbocycles. The highest BCUT2D eigenvalue weighted by Gasteiger charge is 2.53. The summed E-state index contributed by atoms with van der Waals surface area (Å²) in [6, 6.07) is 47.0. The van der Waals surface area contributed by atoms with Gasteiger partial charge < -0.3 is 20.3 Å². The number of benzene rings is 6. The predicted octanol–water partition coefficient (Wildman–Crippen LogP) is 8.43. The molecule has 1 amide bonds. The van der Waals surface area contributed by atoms with E-state index in [-0.39, 0.29) is 24.1 Å². The van der Waals surface area contributed by atoms with Crippen LogP contribution in [0.4, 0.5) is 11.4 Å². The van der Waals surface area contributed by atoms with Crippen LogP contribution < -0.4 is 15.5 Å². The van der Waals surface area contributed by atoms with E-state index in [0.29, 0.717) is 0 Å². The third-order valence-electron chi connectivity index (χ3n) is 14.1. The zero-order valence-corrected chi connectivity index (χ0v) is 34.7. The lowest BCUT2D eigenvalue weighted by Gasteiger charge is -2.44. The number of piperazine rings is 2. The number of carbonyl (C=O) groups is 2. The predicted molar refractivity (Wildman–Crippen MR) is 241 cm³/mol. The number of nitrogens with two attached hydrogens (primary N) is 1. The molecule has 0 bridgehead atoms. The Kier molecular flexibility index (Phi) is 9.88. The summed E-state index contributed by atoms with van der Waals surface area (Å²) in [6.45, 7) is 9.27. The van der Waals surface area contributed by atoms with E-state index in [4.69, 9.17) is 10.5 Å². The van der Waals surface area contributed by atoms with E-state index in [1.165, 1.54) is 11.1 Å². The van der Waals surface area contributed by atoms with Crippen molar-refractivity contribution in [3.8, 4) is 0 Å². The van der Waals surface area contributed by atoms with Gasteiger partial charge in [0.15, 0.2) is 0 Å². The maximum Gasteiger partial charge on any atom is 0.321 e. The lowest BCUT2D eigenvalue weighted by atomic mass is 9.68. The lowest BCUT2D eigenvalue weighted by Crippen LogP contribution is -2.54. The molecule has 4 fully saturated rings. The van der Waals surface area contributed by atoms with Gasteiger partial charge in [-0.3, -0.25) is 19.4 Å². The molecule has 60 heavy (non-hydrogen) atoms. The number of anilines is 2. The molecule has 8 heteroatoms. The first-order valence-electron chi connectivity index (χ1n) is 21.9. The number of ether oxygens (including phenoxy) is 1. The second-order valence-corrected chi connectivity index (χ2v) is 17.8. The van der Waals surface area contributed by atoms with E-state index >= 15 is 4.79 Å². The molecule has 2 N–H and O–H groups in total. The van der Waals surface area contributed by atoms with Crippen LogP contribution in [0.1, 0.15) is 61.3 Å². The zero-order chi connectivity index (χ0) is 40.9. The molecule has 2 spiro atoms. The fourth-order valence-corrected chi connectivity index (χ4v) is 10.6. The second-order valence-electron chi connectivity index (χ2n) is 17.8. The van der Waals surface area contributed by atoms with Crippen LogP contribution in [0.3, 0.4) is 0 Å². The molecule has 306 valence electrons. The summed E-state index contributed by atoms with van der Waals surface area (Å²) in [7, 11) is 0. The Labute approximate surface area is 353 Å². The number of amides is 1. The number of rotatable bonds is 12. The quantitative estimate of drug-likeness (QED) is 0.125. The number of hydrogen-bond donors (Lipinski definition) is 1. The summed E-state index contributed by atoms with van der Waals surface area (Å²) in [5.41, 5.74) is 11.3. The molecule has 0 unspecified atom stereocenters. The van der Waals surface area contributed by atoms with Gasteiger partial charge in [0.2, 0.25) is 5.91 Å². The highest BCUT2D eigenvalue weighted by molar-refractivity contribution is 6.05. The first-order chi connectivity index (χ1) is 29.3. The minimum atomic E-state index is -1.52. The van der Waals surface area contributed by atoms with Crippen LogP contribution in [-0.2, 0) is 32.8 Å². The molecule has 6 aromatic carbocycles. The fourth-order valence-electron chi connectivity index (χ4n) is 10.6. The number of nitrogens with zero attached hydrogens (tertiary/aromatic N) is 4. The molecule has 2 saturated carbocycles. The Morgan fingerprint density at radius 2 is 1.03 bits per heavy atom. The van der Waals surface area contributed by atoms with Crippen molar-refractivity contribution in [3.63, 3.8) is 0 Å². The van der Waals surface area contributed by atoms with Crippen LogP contribution >= 0.6 is 0 Å². The highest BCUT2D eigenvalue weighted by atomic mass is 16.5. The van der Waals surface area contributed by atoms with Crippen LogP contribution in [0, 0.1) is 0 Å². The first kappa shape index (κ1) is 38.5. The second kappa shape index (κ2) is 15.4. The first-order valence-corrected chi connectivity index (χ1v) is 21.9. The van der Waals surface area contributed by atoms with Crippen molar-refractivity contribution >= 4 is 44.8 Å². The van der Waals surface area contributed by atoms with Crippen molar-refractivity contribution in [2.45, 2.75) is 68.6 Å². The standard InChI is InChI=1S/C52H55N5O3/c1-2-60-49(59)52(33-48(53)58,46-31-42(29-40-17-9-11-19-44(40)46)54-25-27-56(50(36-54)21-22-50)34-38-13-5-3-6-14-38)47-32-43(30-41-18-10-12-20-45(41)47)55-26-28-57(51(37-55)23-24-51)35-39-15-7-4-8-16-39/h3-20,29-32H,2,21-28,33-37H2,1H3,(H2,53,58). The van der Waals surface area contributed by atoms with Crippen LogP contribution in [0.15, 0.2) is 133 Å². The number of esters is 1. The molecule has 2 aliphatic heterocycles. The van der Waals surface area contributed by atoms with Gasteiger partial charge in [0.1, 0.15) is 5.41 Å². The average Bonchev–Trinajstić information content (AvgIpc) is 4.22. The van der Waals surface area contributed by atoms with E-state index in [1.54, 1.807) is 0 Å². The Morgan fingerprint density at radius 1 is 0.600 bits per heavy atom. The monoisotopic (exact) mass is 797 g/mol. The third kappa shape index (κ3) is 6.99. The average molecular weight is 798 g/mol. The minimum absolute atomic E-state index is 0.111. The van der Waals surface area contributed by atoms with Crippen LogP contribution in [0.5, 0.6) is 0 Å². The van der Waals surface area contributed by atoms with Crippen LogP contribution in [0.2, 0.25) is 0 Å². The van der Waals surface area contributed by atoms with Crippen molar-refractivity contribution in [2.24, 2.45) is 5.73 Å². The summed E-state index contributed by atoms with van der Waals surface area (Å²) in [6.07, 6.45) is 4.41. The molecule has 0 radical (unpaired) electrons. The number of fused-ring (bicyclic) bond motifs is 2. The summed E-state index contributed by atoms with van der Waals surface area (Å²) >= 11 is 0. The van der Waals surface area contributed by atoms with E-state index in [2.05, 4.69) is 141 Å². The molecule has 6 aromatic rings. The Balaban J connectivity index is 1.09. The lowest BCUT2D eigenvalue weighted by molar-refractivity contribution is -0.150. The van der Waals surface area contributed by atoms with Gasteiger partial charge in [-0.2, -0.15) is 0 Å². The number of carbonyl (C=O) groups excluding carboxylic acids is 2. The number of hydrogen-bond acceptors (Lipinski definition) is 7. The molecule has 4 aliphatic rings. The summed E-state index contributed by atoms with van der Waals surface area (Å²) in [5.74, 6) is -1.00. The fraction of sp³-hybridized carbons (Fsp3) is 0.346. The summed E-state index contributed by atoms with van der Waals surface area (Å²) in [5, 5.41) is 3.87. The third-order valence-corrected chi connectivity index (χ3v) is 14.1. The van der Waals surface area contributed by atoms with Crippen LogP contribution in [0.25, 0.3) is 21.5 Å². The van der Waals surface area contributed by atoms with Gasteiger partial charge in [-0.05, 0) is 101 Å². The van der Waals surface area contributed by atoms with Gasteiger partial charge in [-0.25, -0.2) is 0 Å². The van der Waals surface area contributed by atoms with Gasteiger partial charge in [-0.1, -0.05) is 109 Å².